The van der Waals surface area contributed by atoms with E-state index < -0.39 is 10.0 Å². The predicted octanol–water partition coefficient (Wildman–Crippen LogP) is 1.09. The van der Waals surface area contributed by atoms with Crippen LogP contribution in [0.25, 0.3) is 0 Å². The van der Waals surface area contributed by atoms with Crippen molar-refractivity contribution in [1.29, 1.82) is 5.26 Å². The van der Waals surface area contributed by atoms with Gasteiger partial charge in [-0.25, -0.2) is 13.6 Å². The topological polar surface area (TPSA) is 116 Å². The fraction of sp³-hybridized carbons (Fsp3) is 0.412. The molecule has 7 nitrogen and oxygen atoms in total. The van der Waals surface area contributed by atoms with Gasteiger partial charge >= 0.3 is 0 Å². The molecular weight excluding hydrogens is 340 g/mol. The Balaban J connectivity index is 1.95. The Kier molecular flexibility index (Phi) is 6.17. The molecule has 0 aliphatic carbocycles. The summed E-state index contributed by atoms with van der Waals surface area (Å²) in [6, 6.07) is 8.02. The number of benzene rings is 1. The third-order valence-electron chi connectivity index (χ3n) is 4.23. The Labute approximate surface area is 148 Å². The zero-order chi connectivity index (χ0) is 18.4. The number of hydrogen-bond acceptors (Lipinski definition) is 5. The highest BCUT2D eigenvalue weighted by Gasteiger charge is 2.22. The van der Waals surface area contributed by atoms with Crippen LogP contribution in [0, 0.1) is 17.2 Å². The maximum atomic E-state index is 12.3. The maximum Gasteiger partial charge on any atom is 0.265 e. The van der Waals surface area contributed by atoms with Crippen LogP contribution in [-0.4, -0.2) is 32.3 Å². The summed E-state index contributed by atoms with van der Waals surface area (Å²) in [6.45, 7) is 3.87. The first kappa shape index (κ1) is 19.0. The van der Waals surface area contributed by atoms with Gasteiger partial charge < -0.3 is 10.2 Å². The lowest BCUT2D eigenvalue weighted by Gasteiger charge is -2.30. The molecule has 0 aromatic heterocycles. The van der Waals surface area contributed by atoms with Gasteiger partial charge in [0.25, 0.3) is 5.91 Å². The third-order valence-corrected chi connectivity index (χ3v) is 5.16. The van der Waals surface area contributed by atoms with Crippen LogP contribution in [0.3, 0.4) is 0 Å². The number of carbonyl (C=O) groups excluding carboxylic acids is 1. The van der Waals surface area contributed by atoms with Crippen LogP contribution in [0.5, 0.6) is 0 Å². The molecule has 1 aliphatic heterocycles. The van der Waals surface area contributed by atoms with Crippen molar-refractivity contribution in [3.63, 3.8) is 0 Å². The van der Waals surface area contributed by atoms with Crippen molar-refractivity contribution in [1.82, 2.24) is 10.2 Å². The van der Waals surface area contributed by atoms with Gasteiger partial charge in [0, 0.05) is 25.8 Å². The average molecular weight is 362 g/mol. The van der Waals surface area contributed by atoms with E-state index in [1.807, 2.05) is 6.07 Å². The van der Waals surface area contributed by atoms with Crippen molar-refractivity contribution in [3.05, 3.63) is 41.6 Å². The molecule has 2 rings (SSSR count). The van der Waals surface area contributed by atoms with Crippen LogP contribution in [0.2, 0.25) is 0 Å². The van der Waals surface area contributed by atoms with Gasteiger partial charge in [0.05, 0.1) is 4.90 Å². The predicted molar refractivity (Wildman–Crippen MR) is 93.3 cm³/mol. The minimum absolute atomic E-state index is 0.0408. The largest absolute Gasteiger partial charge is 0.386 e. The van der Waals surface area contributed by atoms with Crippen molar-refractivity contribution >= 4 is 15.9 Å². The number of carbonyl (C=O) groups is 1. The van der Waals surface area contributed by atoms with Gasteiger partial charge in [-0.15, -0.1) is 0 Å². The first-order valence-corrected chi connectivity index (χ1v) is 9.60. The summed E-state index contributed by atoms with van der Waals surface area (Å²) >= 11 is 0. The van der Waals surface area contributed by atoms with E-state index in [-0.39, 0.29) is 16.4 Å². The Bertz CT molecular complexity index is 786. The highest BCUT2D eigenvalue weighted by atomic mass is 32.2. The molecule has 0 atom stereocenters. The fourth-order valence-electron chi connectivity index (χ4n) is 2.59. The second-order valence-electron chi connectivity index (χ2n) is 6.21. The second kappa shape index (κ2) is 8.14. The molecule has 0 radical (unpaired) electrons. The smallest absolute Gasteiger partial charge is 0.265 e. The van der Waals surface area contributed by atoms with Crippen molar-refractivity contribution in [2.24, 2.45) is 11.1 Å². The van der Waals surface area contributed by atoms with E-state index >= 15 is 0 Å². The zero-order valence-electron chi connectivity index (χ0n) is 14.1. The van der Waals surface area contributed by atoms with Crippen LogP contribution in [-0.2, 0) is 21.4 Å². The zero-order valence-corrected chi connectivity index (χ0v) is 14.9. The van der Waals surface area contributed by atoms with Gasteiger partial charge in [-0.05, 0) is 36.5 Å². The molecule has 1 amide bonds. The molecule has 0 spiro atoms. The summed E-state index contributed by atoms with van der Waals surface area (Å²) in [5.41, 5.74) is 0.871. The lowest BCUT2D eigenvalue weighted by molar-refractivity contribution is -0.128. The molecule has 1 heterocycles. The summed E-state index contributed by atoms with van der Waals surface area (Å²) < 4.78 is 22.4. The number of sulfonamides is 1. The van der Waals surface area contributed by atoms with Crippen molar-refractivity contribution < 1.29 is 13.2 Å². The molecule has 1 aromatic carbocycles. The maximum absolute atomic E-state index is 12.3. The quantitative estimate of drug-likeness (QED) is 0.601. The lowest BCUT2D eigenvalue weighted by atomic mass is 9.99. The summed E-state index contributed by atoms with van der Waals surface area (Å²) in [4.78, 5) is 14.1. The SMILES string of the molecule is CC1CCN(C(=O)/C(C#N)=C\NCc2ccc(S(N)(=O)=O)cc2)CC1. The average Bonchev–Trinajstić information content (AvgIpc) is 2.58. The molecule has 1 aromatic rings. The number of rotatable bonds is 5. The van der Waals surface area contributed by atoms with E-state index in [0.717, 1.165) is 18.4 Å². The number of amides is 1. The summed E-state index contributed by atoms with van der Waals surface area (Å²) in [7, 11) is -3.71. The van der Waals surface area contributed by atoms with Crippen LogP contribution >= 0.6 is 0 Å². The number of piperidine rings is 1. The molecule has 0 unspecified atom stereocenters. The molecule has 1 saturated heterocycles. The molecule has 134 valence electrons. The van der Waals surface area contributed by atoms with Crippen LogP contribution in [0.1, 0.15) is 25.3 Å². The van der Waals surface area contributed by atoms with Gasteiger partial charge in [-0.2, -0.15) is 5.26 Å². The van der Waals surface area contributed by atoms with Gasteiger partial charge in [0.15, 0.2) is 0 Å². The number of likely N-dealkylation sites (tertiary alicyclic amines) is 1. The molecule has 1 fully saturated rings. The monoisotopic (exact) mass is 362 g/mol. The van der Waals surface area contributed by atoms with Gasteiger partial charge in [0.1, 0.15) is 11.6 Å². The van der Waals surface area contributed by atoms with E-state index in [4.69, 9.17) is 5.14 Å². The molecule has 25 heavy (non-hydrogen) atoms. The van der Waals surface area contributed by atoms with Crippen molar-refractivity contribution in [2.45, 2.75) is 31.2 Å². The van der Waals surface area contributed by atoms with Crippen LogP contribution in [0.15, 0.2) is 40.9 Å². The third kappa shape index (κ3) is 5.31. The highest BCUT2D eigenvalue weighted by molar-refractivity contribution is 7.89. The van der Waals surface area contributed by atoms with Gasteiger partial charge in [-0.3, -0.25) is 4.79 Å². The normalized spacial score (nSPS) is 16.4. The van der Waals surface area contributed by atoms with Crippen molar-refractivity contribution in [3.8, 4) is 6.07 Å². The van der Waals surface area contributed by atoms with Crippen LogP contribution in [0.4, 0.5) is 0 Å². The number of nitrogens with zero attached hydrogens (tertiary/aromatic N) is 2. The van der Waals surface area contributed by atoms with Gasteiger partial charge in [-0.1, -0.05) is 19.1 Å². The number of nitriles is 1. The molecule has 8 heteroatoms. The van der Waals surface area contributed by atoms with E-state index in [2.05, 4.69) is 12.2 Å². The second-order valence-corrected chi connectivity index (χ2v) is 7.78. The summed E-state index contributed by atoms with van der Waals surface area (Å²) in [5.74, 6) is 0.350. The van der Waals surface area contributed by atoms with Gasteiger partial charge in [0.2, 0.25) is 10.0 Å². The van der Waals surface area contributed by atoms with E-state index in [1.165, 1.54) is 18.3 Å². The first-order chi connectivity index (χ1) is 11.8. The molecule has 3 N–H and O–H groups in total. The van der Waals surface area contributed by atoms with E-state index in [1.54, 1.807) is 17.0 Å². The standard InChI is InChI=1S/C17H22N4O3S/c1-13-6-8-21(9-7-13)17(22)15(10-18)12-20-11-14-2-4-16(5-3-14)25(19,23)24/h2-5,12-13,20H,6-9,11H2,1H3,(H2,19,23,24)/b15-12-. The minimum atomic E-state index is -3.71. The van der Waals surface area contributed by atoms with E-state index in [9.17, 15) is 18.5 Å². The highest BCUT2D eigenvalue weighted by Crippen LogP contribution is 2.17. The Morgan fingerprint density at radius 2 is 1.96 bits per heavy atom. The molecule has 1 aliphatic rings. The Hall–Kier alpha value is -2.37. The lowest BCUT2D eigenvalue weighted by Crippen LogP contribution is -2.38. The number of nitrogens with one attached hydrogen (secondary N) is 1. The Morgan fingerprint density at radius 3 is 2.48 bits per heavy atom. The Morgan fingerprint density at radius 1 is 1.36 bits per heavy atom. The summed E-state index contributed by atoms with van der Waals surface area (Å²) in [5, 5.41) is 17.2. The van der Waals surface area contributed by atoms with Crippen molar-refractivity contribution in [2.75, 3.05) is 13.1 Å². The molecule has 0 saturated carbocycles. The number of hydrogen-bond donors (Lipinski definition) is 2. The summed E-state index contributed by atoms with van der Waals surface area (Å²) in [6.07, 6.45) is 3.32. The fourth-order valence-corrected chi connectivity index (χ4v) is 3.11. The minimum Gasteiger partial charge on any atom is -0.386 e. The molecular formula is C17H22N4O3S. The number of nitrogens with two attached hydrogens (primary N) is 1. The molecule has 0 bridgehead atoms. The van der Waals surface area contributed by atoms with Crippen LogP contribution < -0.4 is 10.5 Å². The van der Waals surface area contributed by atoms with E-state index in [0.29, 0.717) is 25.6 Å². The first-order valence-electron chi connectivity index (χ1n) is 8.06. The number of primary sulfonamides is 1.